The molecule has 2 aliphatic rings. The van der Waals surface area contributed by atoms with Crippen LogP contribution in [0.4, 0.5) is 0 Å². The van der Waals surface area contributed by atoms with Crippen LogP contribution in [-0.2, 0) is 19.5 Å². The molecule has 2 saturated heterocycles. The number of hydrogen-bond donors (Lipinski definition) is 1. The maximum atomic E-state index is 9.92. The van der Waals surface area contributed by atoms with E-state index in [-0.39, 0.29) is 6.10 Å². The molecule has 1 atom stereocenters. The smallest absolute Gasteiger partial charge is 0.0667 e. The van der Waals surface area contributed by atoms with Crippen LogP contribution in [0.25, 0.3) is 0 Å². The number of rotatable bonds is 6. The monoisotopic (exact) mass is 348 g/mol. The Balaban J connectivity index is 1.52. The van der Waals surface area contributed by atoms with Crippen molar-refractivity contribution < 1.29 is 5.11 Å². The molecular formula is C20H36N4O. The van der Waals surface area contributed by atoms with Crippen molar-refractivity contribution in [2.75, 3.05) is 26.2 Å². The van der Waals surface area contributed by atoms with Gasteiger partial charge in [-0.05, 0) is 57.6 Å². The predicted octanol–water partition coefficient (Wildman–Crippen LogP) is 2.52. The van der Waals surface area contributed by atoms with Crippen molar-refractivity contribution in [1.29, 1.82) is 0 Å². The zero-order valence-corrected chi connectivity index (χ0v) is 16.3. The second-order valence-corrected chi connectivity index (χ2v) is 8.34. The van der Waals surface area contributed by atoms with Crippen LogP contribution in [0.2, 0.25) is 0 Å². The summed E-state index contributed by atoms with van der Waals surface area (Å²) < 4.78 is 2.19. The molecule has 1 aromatic heterocycles. The lowest BCUT2D eigenvalue weighted by Gasteiger charge is -2.41. The van der Waals surface area contributed by atoms with Crippen molar-refractivity contribution in [3.63, 3.8) is 0 Å². The molecule has 25 heavy (non-hydrogen) atoms. The first-order valence-electron chi connectivity index (χ1n) is 10.2. The zero-order chi connectivity index (χ0) is 17.8. The normalized spacial score (nSPS) is 24.3. The maximum absolute atomic E-state index is 9.92. The maximum Gasteiger partial charge on any atom is 0.0667 e. The van der Waals surface area contributed by atoms with Gasteiger partial charge in [0.05, 0.1) is 17.5 Å². The molecular weight excluding hydrogens is 312 g/mol. The van der Waals surface area contributed by atoms with Crippen LogP contribution in [0.5, 0.6) is 0 Å². The summed E-state index contributed by atoms with van der Waals surface area (Å²) in [5.41, 5.74) is 2.61. The summed E-state index contributed by atoms with van der Waals surface area (Å²) in [6.45, 7) is 13.0. The summed E-state index contributed by atoms with van der Waals surface area (Å²) in [7, 11) is 0. The highest BCUT2D eigenvalue weighted by atomic mass is 16.3. The van der Waals surface area contributed by atoms with E-state index in [2.05, 4.69) is 41.3 Å². The second-order valence-electron chi connectivity index (χ2n) is 8.34. The molecule has 0 bridgehead atoms. The van der Waals surface area contributed by atoms with E-state index in [9.17, 15) is 5.11 Å². The van der Waals surface area contributed by atoms with Gasteiger partial charge < -0.3 is 5.11 Å². The highest BCUT2D eigenvalue weighted by Gasteiger charge is 2.28. The topological polar surface area (TPSA) is 44.5 Å². The van der Waals surface area contributed by atoms with Gasteiger partial charge >= 0.3 is 0 Å². The first-order chi connectivity index (χ1) is 12.0. The van der Waals surface area contributed by atoms with Crippen LogP contribution in [0.15, 0.2) is 6.07 Å². The molecule has 0 radical (unpaired) electrons. The second kappa shape index (κ2) is 8.65. The molecule has 2 fully saturated rings. The van der Waals surface area contributed by atoms with E-state index >= 15 is 0 Å². The van der Waals surface area contributed by atoms with Crippen LogP contribution < -0.4 is 0 Å². The van der Waals surface area contributed by atoms with Crippen LogP contribution in [-0.4, -0.2) is 63.0 Å². The lowest BCUT2D eigenvalue weighted by molar-refractivity contribution is 0.0240. The number of piperidine rings is 2. The van der Waals surface area contributed by atoms with Crippen molar-refractivity contribution in [3.05, 3.63) is 17.5 Å². The fourth-order valence-corrected chi connectivity index (χ4v) is 4.42. The fraction of sp³-hybridized carbons (Fsp3) is 0.850. The summed E-state index contributed by atoms with van der Waals surface area (Å²) in [5, 5.41) is 14.7. The van der Waals surface area contributed by atoms with Gasteiger partial charge in [-0.3, -0.25) is 14.5 Å². The Morgan fingerprint density at radius 2 is 1.96 bits per heavy atom. The number of β-amino-alcohol motifs (C(OH)–C–C–N with tert-alkyl or cyclic N) is 1. The standard InChI is InChI=1S/C20H36N4O/c1-4-24-19(13-17(21-24)12-16(2)3)14-22-10-7-18(8-11-22)23-9-5-6-20(25)15-23/h13,16,18,20,25H,4-12,14-15H2,1-3H3. The van der Waals surface area contributed by atoms with Crippen LogP contribution in [0.3, 0.4) is 0 Å². The number of aryl methyl sites for hydroxylation is 1. The van der Waals surface area contributed by atoms with Gasteiger partial charge in [-0.2, -0.15) is 5.10 Å². The Morgan fingerprint density at radius 1 is 1.20 bits per heavy atom. The first kappa shape index (κ1) is 18.9. The quantitative estimate of drug-likeness (QED) is 0.858. The molecule has 142 valence electrons. The molecule has 1 aromatic rings. The van der Waals surface area contributed by atoms with Crippen LogP contribution in [0.1, 0.15) is 57.8 Å². The number of aromatic nitrogens is 2. The predicted molar refractivity (Wildman–Crippen MR) is 102 cm³/mol. The molecule has 2 aliphatic heterocycles. The molecule has 0 amide bonds. The van der Waals surface area contributed by atoms with Gasteiger partial charge in [0, 0.05) is 38.8 Å². The first-order valence-corrected chi connectivity index (χ1v) is 10.2. The number of aliphatic hydroxyl groups excluding tert-OH is 1. The van der Waals surface area contributed by atoms with Gasteiger partial charge in [0.25, 0.3) is 0 Å². The van der Waals surface area contributed by atoms with E-state index in [1.165, 1.54) is 30.8 Å². The Hall–Kier alpha value is -0.910. The third-order valence-electron chi connectivity index (χ3n) is 5.72. The molecule has 1 N–H and O–H groups in total. The fourth-order valence-electron chi connectivity index (χ4n) is 4.42. The lowest BCUT2D eigenvalue weighted by atomic mass is 9.99. The number of nitrogens with zero attached hydrogens (tertiary/aromatic N) is 4. The average molecular weight is 349 g/mol. The van der Waals surface area contributed by atoms with Crippen molar-refractivity contribution in [3.8, 4) is 0 Å². The van der Waals surface area contributed by atoms with E-state index < -0.39 is 0 Å². The van der Waals surface area contributed by atoms with Crippen molar-refractivity contribution in [1.82, 2.24) is 19.6 Å². The Bertz CT molecular complexity index is 534. The largest absolute Gasteiger partial charge is 0.392 e. The highest BCUT2D eigenvalue weighted by molar-refractivity contribution is 5.11. The van der Waals surface area contributed by atoms with Crippen LogP contribution in [0, 0.1) is 5.92 Å². The van der Waals surface area contributed by atoms with Crippen molar-refractivity contribution in [2.45, 2.75) is 78.1 Å². The Kier molecular flexibility index (Phi) is 6.53. The lowest BCUT2D eigenvalue weighted by Crippen LogP contribution is -2.49. The minimum atomic E-state index is -0.106. The number of likely N-dealkylation sites (tertiary alicyclic amines) is 2. The summed E-state index contributed by atoms with van der Waals surface area (Å²) in [5.74, 6) is 0.656. The number of hydrogen-bond acceptors (Lipinski definition) is 4. The summed E-state index contributed by atoms with van der Waals surface area (Å²) in [6.07, 6.45) is 5.55. The van der Waals surface area contributed by atoms with Crippen molar-refractivity contribution in [2.24, 2.45) is 5.92 Å². The SMILES string of the molecule is CCn1nc(CC(C)C)cc1CN1CCC(N2CCCC(O)C2)CC1. The third-order valence-corrected chi connectivity index (χ3v) is 5.72. The molecule has 0 aromatic carbocycles. The van der Waals surface area contributed by atoms with Gasteiger partial charge in [0.15, 0.2) is 0 Å². The van der Waals surface area contributed by atoms with E-state index in [1.54, 1.807) is 0 Å². The molecule has 0 saturated carbocycles. The highest BCUT2D eigenvalue weighted by Crippen LogP contribution is 2.22. The van der Waals surface area contributed by atoms with Gasteiger partial charge in [-0.25, -0.2) is 0 Å². The van der Waals surface area contributed by atoms with Crippen LogP contribution >= 0.6 is 0 Å². The molecule has 1 unspecified atom stereocenters. The minimum absolute atomic E-state index is 0.106. The number of aliphatic hydroxyl groups is 1. The molecule has 0 aliphatic carbocycles. The van der Waals surface area contributed by atoms with Gasteiger partial charge in [0.1, 0.15) is 0 Å². The zero-order valence-electron chi connectivity index (χ0n) is 16.3. The van der Waals surface area contributed by atoms with E-state index in [0.717, 1.165) is 52.0 Å². The van der Waals surface area contributed by atoms with E-state index in [1.807, 2.05) is 0 Å². The Morgan fingerprint density at radius 3 is 2.60 bits per heavy atom. The molecule has 0 spiro atoms. The molecule has 5 heteroatoms. The summed E-state index contributed by atoms with van der Waals surface area (Å²) in [6, 6.07) is 2.98. The van der Waals surface area contributed by atoms with Gasteiger partial charge in [0.2, 0.25) is 0 Å². The molecule has 5 nitrogen and oxygen atoms in total. The average Bonchev–Trinajstić information content (AvgIpc) is 2.96. The minimum Gasteiger partial charge on any atom is -0.392 e. The summed E-state index contributed by atoms with van der Waals surface area (Å²) in [4.78, 5) is 5.11. The summed E-state index contributed by atoms with van der Waals surface area (Å²) >= 11 is 0. The van der Waals surface area contributed by atoms with Crippen molar-refractivity contribution >= 4 is 0 Å². The van der Waals surface area contributed by atoms with E-state index in [0.29, 0.717) is 12.0 Å². The van der Waals surface area contributed by atoms with Gasteiger partial charge in [-0.1, -0.05) is 13.8 Å². The third kappa shape index (κ3) is 5.05. The van der Waals surface area contributed by atoms with E-state index in [4.69, 9.17) is 5.10 Å². The van der Waals surface area contributed by atoms with Gasteiger partial charge in [-0.15, -0.1) is 0 Å². The molecule has 3 rings (SSSR count). The Labute approximate surface area is 153 Å². The molecule has 3 heterocycles.